The first-order chi connectivity index (χ1) is 9.08. The zero-order valence-electron chi connectivity index (χ0n) is 10.5. The summed E-state index contributed by atoms with van der Waals surface area (Å²) in [5.74, 6) is 0.0122. The van der Waals surface area contributed by atoms with Crippen LogP contribution in [0.2, 0.25) is 5.02 Å². The topological polar surface area (TPSA) is 54.4 Å². The number of benzene rings is 1. The molecule has 1 aromatic heterocycles. The Labute approximate surface area is 120 Å². The molecule has 1 heterocycles. The fraction of sp³-hybridized carbons (Fsp3) is 0.154. The van der Waals surface area contributed by atoms with E-state index in [4.69, 9.17) is 11.6 Å². The van der Waals surface area contributed by atoms with Gasteiger partial charge in [-0.3, -0.25) is 10.2 Å². The van der Waals surface area contributed by atoms with Crippen molar-refractivity contribution in [3.8, 4) is 0 Å². The number of halogens is 1. The van der Waals surface area contributed by atoms with Crippen molar-refractivity contribution >= 4 is 40.1 Å². The smallest absolute Gasteiger partial charge is 0.204 e. The fourth-order valence-corrected chi connectivity index (χ4v) is 2.50. The van der Waals surface area contributed by atoms with Crippen molar-refractivity contribution in [3.63, 3.8) is 0 Å². The largest absolute Gasteiger partial charge is 0.294 e. The Hall–Kier alpha value is -1.72. The summed E-state index contributed by atoms with van der Waals surface area (Å²) in [6.07, 6.45) is 1.62. The number of carbonyl (C=O) groups is 1. The van der Waals surface area contributed by atoms with E-state index in [1.807, 2.05) is 18.2 Å². The van der Waals surface area contributed by atoms with Gasteiger partial charge >= 0.3 is 0 Å². The minimum Gasteiger partial charge on any atom is -0.294 e. The number of hydrazone groups is 1. The van der Waals surface area contributed by atoms with E-state index in [-0.39, 0.29) is 5.78 Å². The van der Waals surface area contributed by atoms with Gasteiger partial charge in [0.05, 0.1) is 16.8 Å². The molecule has 0 bridgehead atoms. The highest BCUT2D eigenvalue weighted by Gasteiger charge is 2.10. The first-order valence-corrected chi connectivity index (χ1v) is 6.79. The highest BCUT2D eigenvalue weighted by Crippen LogP contribution is 2.22. The molecule has 0 unspecified atom stereocenters. The number of carbonyl (C=O) groups excluding carboxylic acids is 1. The number of nitrogens with one attached hydrogen (secondary N) is 1. The maximum atomic E-state index is 11.3. The summed E-state index contributed by atoms with van der Waals surface area (Å²) < 4.78 is 0. The molecule has 0 fully saturated rings. The van der Waals surface area contributed by atoms with Gasteiger partial charge in [0.2, 0.25) is 5.13 Å². The van der Waals surface area contributed by atoms with Crippen LogP contribution in [-0.2, 0) is 0 Å². The van der Waals surface area contributed by atoms with Crippen molar-refractivity contribution in [3.05, 3.63) is 45.4 Å². The minimum absolute atomic E-state index is 0.0122. The van der Waals surface area contributed by atoms with Crippen LogP contribution in [0.15, 0.2) is 29.4 Å². The van der Waals surface area contributed by atoms with Crippen LogP contribution in [0.3, 0.4) is 0 Å². The molecule has 0 atom stereocenters. The third-order valence-corrected chi connectivity index (χ3v) is 3.89. The summed E-state index contributed by atoms with van der Waals surface area (Å²) in [4.78, 5) is 16.2. The second-order valence-corrected chi connectivity index (χ2v) is 5.29. The van der Waals surface area contributed by atoms with Crippen LogP contribution in [0.1, 0.15) is 27.9 Å². The van der Waals surface area contributed by atoms with Crippen molar-refractivity contribution in [1.29, 1.82) is 0 Å². The zero-order chi connectivity index (χ0) is 13.8. The van der Waals surface area contributed by atoms with Gasteiger partial charge in [-0.05, 0) is 13.0 Å². The number of anilines is 1. The van der Waals surface area contributed by atoms with Crippen LogP contribution >= 0.6 is 22.9 Å². The van der Waals surface area contributed by atoms with Crippen molar-refractivity contribution in [2.45, 2.75) is 13.8 Å². The standard InChI is InChI=1S/C13H12ClN3OS/c1-8-12(9(2)18)19-13(16-8)17-15-7-10-5-3-4-6-11(10)14/h3-7H,1-2H3,(H,16,17). The molecular formula is C13H12ClN3OS. The molecule has 2 rings (SSSR count). The molecule has 0 radical (unpaired) electrons. The number of hydrogen-bond donors (Lipinski definition) is 1. The highest BCUT2D eigenvalue weighted by molar-refractivity contribution is 7.17. The molecule has 0 aliphatic rings. The van der Waals surface area contributed by atoms with E-state index in [1.165, 1.54) is 18.3 Å². The average Bonchev–Trinajstić information content (AvgIpc) is 2.73. The molecule has 6 heteroatoms. The molecule has 98 valence electrons. The van der Waals surface area contributed by atoms with Crippen molar-refractivity contribution in [2.75, 3.05) is 5.43 Å². The predicted octanol–water partition coefficient (Wildman–Crippen LogP) is 3.75. The number of nitrogens with zero attached hydrogens (tertiary/aromatic N) is 2. The monoisotopic (exact) mass is 293 g/mol. The SMILES string of the molecule is CC(=O)c1sc(NN=Cc2ccccc2Cl)nc1C. The van der Waals surface area contributed by atoms with Gasteiger partial charge < -0.3 is 0 Å². The third kappa shape index (κ3) is 3.39. The quantitative estimate of drug-likeness (QED) is 0.530. The third-order valence-electron chi connectivity index (χ3n) is 2.39. The summed E-state index contributed by atoms with van der Waals surface area (Å²) in [6, 6.07) is 7.40. The van der Waals surface area contributed by atoms with Gasteiger partial charge in [0, 0.05) is 17.5 Å². The van der Waals surface area contributed by atoms with Gasteiger partial charge in [-0.2, -0.15) is 5.10 Å². The van der Waals surface area contributed by atoms with Gasteiger partial charge in [-0.15, -0.1) is 0 Å². The number of hydrogen-bond acceptors (Lipinski definition) is 5. The first-order valence-electron chi connectivity index (χ1n) is 5.60. The van der Waals surface area contributed by atoms with Crippen LogP contribution in [0.5, 0.6) is 0 Å². The summed E-state index contributed by atoms with van der Waals surface area (Å²) >= 11 is 7.29. The maximum Gasteiger partial charge on any atom is 0.204 e. The van der Waals surface area contributed by atoms with E-state index < -0.39 is 0 Å². The predicted molar refractivity (Wildman–Crippen MR) is 79.5 cm³/mol. The van der Waals surface area contributed by atoms with E-state index in [0.717, 1.165) is 5.56 Å². The molecule has 0 saturated heterocycles. The van der Waals surface area contributed by atoms with Crippen LogP contribution < -0.4 is 5.43 Å². The van der Waals surface area contributed by atoms with Gasteiger partial charge in [0.25, 0.3) is 0 Å². The van der Waals surface area contributed by atoms with Crippen LogP contribution in [0, 0.1) is 6.92 Å². The van der Waals surface area contributed by atoms with Crippen molar-refractivity contribution in [2.24, 2.45) is 5.10 Å². The number of rotatable bonds is 4. The summed E-state index contributed by atoms with van der Waals surface area (Å²) in [5, 5.41) is 5.28. The maximum absolute atomic E-state index is 11.3. The summed E-state index contributed by atoms with van der Waals surface area (Å²) in [6.45, 7) is 3.33. The van der Waals surface area contributed by atoms with E-state index in [2.05, 4.69) is 15.5 Å². The van der Waals surface area contributed by atoms with Crippen LogP contribution in [-0.4, -0.2) is 17.0 Å². The number of aromatic nitrogens is 1. The molecule has 2 aromatic rings. The molecular weight excluding hydrogens is 282 g/mol. The Morgan fingerprint density at radius 3 is 2.84 bits per heavy atom. The Balaban J connectivity index is 2.09. The first kappa shape index (κ1) is 13.7. The Morgan fingerprint density at radius 2 is 2.21 bits per heavy atom. The molecule has 1 N–H and O–H groups in total. The van der Waals surface area contributed by atoms with Crippen molar-refractivity contribution < 1.29 is 4.79 Å². The van der Waals surface area contributed by atoms with E-state index in [0.29, 0.717) is 20.7 Å². The lowest BCUT2D eigenvalue weighted by atomic mass is 10.2. The number of aryl methyl sites for hydroxylation is 1. The Morgan fingerprint density at radius 1 is 1.47 bits per heavy atom. The summed E-state index contributed by atoms with van der Waals surface area (Å²) in [7, 11) is 0. The number of ketones is 1. The molecule has 0 saturated carbocycles. The molecule has 0 aliphatic heterocycles. The second-order valence-electron chi connectivity index (χ2n) is 3.88. The zero-order valence-corrected chi connectivity index (χ0v) is 12.0. The average molecular weight is 294 g/mol. The molecule has 4 nitrogen and oxygen atoms in total. The second kappa shape index (κ2) is 5.95. The number of Topliss-reactive ketones (excluding diaryl/α,β-unsaturated/α-hetero) is 1. The van der Waals surface area contributed by atoms with Crippen LogP contribution in [0.25, 0.3) is 0 Å². The normalized spacial score (nSPS) is 10.9. The highest BCUT2D eigenvalue weighted by atomic mass is 35.5. The number of thiazole rings is 1. The lowest BCUT2D eigenvalue weighted by Crippen LogP contribution is -1.90. The molecule has 0 amide bonds. The van der Waals surface area contributed by atoms with Gasteiger partial charge in [-0.1, -0.05) is 41.1 Å². The van der Waals surface area contributed by atoms with E-state index in [1.54, 1.807) is 19.2 Å². The lowest BCUT2D eigenvalue weighted by molar-refractivity contribution is 0.102. The minimum atomic E-state index is 0.0122. The van der Waals surface area contributed by atoms with Gasteiger partial charge in [0.15, 0.2) is 5.78 Å². The fourth-order valence-electron chi connectivity index (χ4n) is 1.51. The molecule has 19 heavy (non-hydrogen) atoms. The van der Waals surface area contributed by atoms with Crippen LogP contribution in [0.4, 0.5) is 5.13 Å². The van der Waals surface area contributed by atoms with E-state index >= 15 is 0 Å². The van der Waals surface area contributed by atoms with Crippen molar-refractivity contribution in [1.82, 2.24) is 4.98 Å². The van der Waals surface area contributed by atoms with E-state index in [9.17, 15) is 4.79 Å². The molecule has 1 aromatic carbocycles. The molecule has 0 spiro atoms. The van der Waals surface area contributed by atoms with Gasteiger partial charge in [0.1, 0.15) is 0 Å². The Kier molecular flexibility index (Phi) is 4.29. The Bertz CT molecular complexity index is 637. The molecule has 0 aliphatic carbocycles. The van der Waals surface area contributed by atoms with Gasteiger partial charge in [-0.25, -0.2) is 4.98 Å². The summed E-state index contributed by atoms with van der Waals surface area (Å²) in [5.41, 5.74) is 4.33. The lowest BCUT2D eigenvalue weighted by Gasteiger charge is -1.96.